The summed E-state index contributed by atoms with van der Waals surface area (Å²) < 4.78 is 29.7. The van der Waals surface area contributed by atoms with Crippen LogP contribution in [0.2, 0.25) is 0 Å². The molecule has 0 unspecified atom stereocenters. The average molecular weight is 222 g/mol. The number of rotatable bonds is 2. The van der Waals surface area contributed by atoms with Gasteiger partial charge in [0.15, 0.2) is 0 Å². The molecule has 1 heterocycles. The van der Waals surface area contributed by atoms with E-state index in [1.54, 1.807) is 0 Å². The highest BCUT2D eigenvalue weighted by atomic mass is 35.5. The van der Waals surface area contributed by atoms with E-state index in [1.165, 1.54) is 12.1 Å². The lowest BCUT2D eigenvalue weighted by Gasteiger charge is -2.10. The summed E-state index contributed by atoms with van der Waals surface area (Å²) in [6.45, 7) is 0. The molecule has 0 radical (unpaired) electrons. The molecule has 0 bridgehead atoms. The molecule has 1 aromatic heterocycles. The number of aromatic nitrogens is 1. The first-order valence-corrected chi connectivity index (χ1v) is 3.95. The molecule has 76 valence electrons. The van der Waals surface area contributed by atoms with Crippen LogP contribution in [-0.4, -0.2) is 18.1 Å². The summed E-state index contributed by atoms with van der Waals surface area (Å²) in [5, 5.41) is -3.68. The molecule has 14 heavy (non-hydrogen) atoms. The van der Waals surface area contributed by atoms with E-state index in [9.17, 15) is 13.6 Å². The Morgan fingerprint density at radius 2 is 2.29 bits per heavy atom. The Balaban J connectivity index is 3.23. The number of ether oxygens (including phenoxy) is 1. The standard InChI is InChI=1S/C8H6ClF2NO2/c1-14-7(13)5-3-2-4-12-6(5)8(9,10)11/h2-4H,1H3. The number of methoxy groups -OCH3 is 1. The van der Waals surface area contributed by atoms with E-state index in [0.717, 1.165) is 13.3 Å². The van der Waals surface area contributed by atoms with Crippen LogP contribution in [0.1, 0.15) is 16.1 Å². The van der Waals surface area contributed by atoms with Gasteiger partial charge in [0.2, 0.25) is 0 Å². The summed E-state index contributed by atoms with van der Waals surface area (Å²) in [6.07, 6.45) is 1.12. The normalized spacial score (nSPS) is 11.1. The fraction of sp³-hybridized carbons (Fsp3) is 0.250. The van der Waals surface area contributed by atoms with Gasteiger partial charge in [-0.1, -0.05) is 0 Å². The molecule has 0 spiro atoms. The van der Waals surface area contributed by atoms with Gasteiger partial charge >= 0.3 is 11.4 Å². The molecule has 0 amide bonds. The van der Waals surface area contributed by atoms with Crippen molar-refractivity contribution in [1.29, 1.82) is 0 Å². The van der Waals surface area contributed by atoms with Crippen molar-refractivity contribution in [2.45, 2.75) is 5.38 Å². The zero-order valence-corrected chi connectivity index (χ0v) is 7.89. The Kier molecular flexibility index (Phi) is 3.00. The van der Waals surface area contributed by atoms with E-state index in [0.29, 0.717) is 0 Å². The average Bonchev–Trinajstić information content (AvgIpc) is 2.15. The van der Waals surface area contributed by atoms with Crippen LogP contribution in [-0.2, 0) is 10.1 Å². The highest BCUT2D eigenvalue weighted by molar-refractivity contribution is 6.22. The smallest absolute Gasteiger partial charge is 0.365 e. The van der Waals surface area contributed by atoms with Gasteiger partial charge in [-0.05, 0) is 23.7 Å². The van der Waals surface area contributed by atoms with Gasteiger partial charge in [0.05, 0.1) is 12.7 Å². The van der Waals surface area contributed by atoms with E-state index < -0.39 is 17.0 Å². The first-order valence-electron chi connectivity index (χ1n) is 3.57. The fourth-order valence-corrected chi connectivity index (χ4v) is 1.06. The van der Waals surface area contributed by atoms with Crippen molar-refractivity contribution in [3.8, 4) is 0 Å². The number of nitrogens with zero attached hydrogens (tertiary/aromatic N) is 1. The maximum absolute atomic E-state index is 12.7. The number of esters is 1. The summed E-state index contributed by atoms with van der Waals surface area (Å²) in [5.74, 6) is -0.895. The van der Waals surface area contributed by atoms with Crippen molar-refractivity contribution < 1.29 is 18.3 Å². The monoisotopic (exact) mass is 221 g/mol. The first kappa shape index (κ1) is 10.8. The molecular weight excluding hydrogens is 216 g/mol. The molecule has 0 saturated carbocycles. The topological polar surface area (TPSA) is 39.2 Å². The predicted octanol–water partition coefficient (Wildman–Crippen LogP) is 2.16. The van der Waals surface area contributed by atoms with Gasteiger partial charge in [0, 0.05) is 6.20 Å². The first-order chi connectivity index (χ1) is 6.46. The second-order valence-electron chi connectivity index (χ2n) is 2.39. The van der Waals surface area contributed by atoms with E-state index in [2.05, 4.69) is 9.72 Å². The summed E-state index contributed by atoms with van der Waals surface area (Å²) in [6, 6.07) is 2.52. The van der Waals surface area contributed by atoms with Crippen molar-refractivity contribution in [2.24, 2.45) is 0 Å². The quantitative estimate of drug-likeness (QED) is 0.568. The Morgan fingerprint density at radius 3 is 2.79 bits per heavy atom. The van der Waals surface area contributed by atoms with Crippen LogP contribution < -0.4 is 0 Å². The zero-order chi connectivity index (χ0) is 10.8. The molecule has 0 aliphatic rings. The van der Waals surface area contributed by atoms with E-state index in [4.69, 9.17) is 11.6 Å². The maximum atomic E-state index is 12.7. The van der Waals surface area contributed by atoms with Crippen molar-refractivity contribution in [3.63, 3.8) is 0 Å². The minimum Gasteiger partial charge on any atom is -0.465 e. The van der Waals surface area contributed by atoms with Crippen molar-refractivity contribution >= 4 is 17.6 Å². The third kappa shape index (κ3) is 2.17. The molecule has 1 aromatic rings. The number of halogens is 3. The van der Waals surface area contributed by atoms with E-state index >= 15 is 0 Å². The van der Waals surface area contributed by atoms with E-state index in [-0.39, 0.29) is 5.56 Å². The lowest BCUT2D eigenvalue weighted by Crippen LogP contribution is -2.15. The Morgan fingerprint density at radius 1 is 1.64 bits per heavy atom. The van der Waals surface area contributed by atoms with Crippen molar-refractivity contribution in [1.82, 2.24) is 4.98 Å². The molecular formula is C8H6ClF2NO2. The highest BCUT2D eigenvalue weighted by Gasteiger charge is 2.34. The molecule has 1 rings (SSSR count). The number of alkyl halides is 3. The lowest BCUT2D eigenvalue weighted by atomic mass is 10.2. The fourth-order valence-electron chi connectivity index (χ4n) is 0.906. The SMILES string of the molecule is COC(=O)c1cccnc1C(F)(F)Cl. The van der Waals surface area contributed by atoms with Gasteiger partial charge in [-0.15, -0.1) is 0 Å². The van der Waals surface area contributed by atoms with Gasteiger partial charge in [0.25, 0.3) is 0 Å². The van der Waals surface area contributed by atoms with Crippen LogP contribution in [0, 0.1) is 0 Å². The molecule has 0 saturated heterocycles. The molecule has 6 heteroatoms. The molecule has 0 atom stereocenters. The number of pyridine rings is 1. The second-order valence-corrected chi connectivity index (χ2v) is 2.86. The van der Waals surface area contributed by atoms with Gasteiger partial charge in [-0.2, -0.15) is 8.78 Å². The third-order valence-corrected chi connectivity index (χ3v) is 1.66. The molecule has 0 N–H and O–H groups in total. The van der Waals surface area contributed by atoms with Gasteiger partial charge in [0.1, 0.15) is 5.69 Å². The van der Waals surface area contributed by atoms with Crippen LogP contribution in [0.5, 0.6) is 0 Å². The predicted molar refractivity (Wildman–Crippen MR) is 45.3 cm³/mol. The number of hydrogen-bond acceptors (Lipinski definition) is 3. The number of hydrogen-bond donors (Lipinski definition) is 0. The third-order valence-electron chi connectivity index (χ3n) is 1.48. The van der Waals surface area contributed by atoms with Crippen LogP contribution in [0.4, 0.5) is 8.78 Å². The van der Waals surface area contributed by atoms with Crippen molar-refractivity contribution in [3.05, 3.63) is 29.6 Å². The largest absolute Gasteiger partial charge is 0.465 e. The minimum atomic E-state index is -3.68. The van der Waals surface area contributed by atoms with Gasteiger partial charge in [-0.3, -0.25) is 4.98 Å². The second kappa shape index (κ2) is 3.88. The van der Waals surface area contributed by atoms with Gasteiger partial charge in [-0.25, -0.2) is 4.79 Å². The minimum absolute atomic E-state index is 0.338. The van der Waals surface area contributed by atoms with E-state index in [1.807, 2.05) is 0 Å². The molecule has 0 aliphatic heterocycles. The Bertz CT molecular complexity index is 351. The Labute approximate surface area is 83.7 Å². The highest BCUT2D eigenvalue weighted by Crippen LogP contribution is 2.32. The van der Waals surface area contributed by atoms with Crippen molar-refractivity contribution in [2.75, 3.05) is 7.11 Å². The molecule has 3 nitrogen and oxygen atoms in total. The molecule has 0 aliphatic carbocycles. The summed E-state index contributed by atoms with van der Waals surface area (Å²) in [5.41, 5.74) is -1.14. The van der Waals surface area contributed by atoms with Crippen LogP contribution in [0.25, 0.3) is 0 Å². The zero-order valence-electron chi connectivity index (χ0n) is 7.13. The summed E-state index contributed by atoms with van der Waals surface area (Å²) in [4.78, 5) is 14.4. The number of carbonyl (C=O) groups is 1. The van der Waals surface area contributed by atoms with Crippen LogP contribution in [0.3, 0.4) is 0 Å². The Hall–Kier alpha value is -1.23. The van der Waals surface area contributed by atoms with Gasteiger partial charge < -0.3 is 4.74 Å². The van der Waals surface area contributed by atoms with Crippen LogP contribution >= 0.6 is 11.6 Å². The lowest BCUT2D eigenvalue weighted by molar-refractivity contribution is 0.0564. The number of carbonyl (C=O) groups excluding carboxylic acids is 1. The van der Waals surface area contributed by atoms with Crippen LogP contribution in [0.15, 0.2) is 18.3 Å². The summed E-state index contributed by atoms with van der Waals surface area (Å²) >= 11 is 4.76. The summed E-state index contributed by atoms with van der Waals surface area (Å²) in [7, 11) is 1.09. The molecule has 0 aromatic carbocycles. The molecule has 0 fully saturated rings. The maximum Gasteiger partial charge on any atom is 0.365 e.